The number of hydrogen-bond acceptors (Lipinski definition) is 3. The number of nitrogens with one attached hydrogen (secondary N) is 1. The first kappa shape index (κ1) is 12.4. The van der Waals surface area contributed by atoms with Crippen LogP contribution in [0.3, 0.4) is 0 Å². The highest BCUT2D eigenvalue weighted by atomic mass is 32.2. The van der Waals surface area contributed by atoms with Gasteiger partial charge in [-0.05, 0) is 24.3 Å². The Morgan fingerprint density at radius 1 is 0.810 bits per heavy atom. The van der Waals surface area contributed by atoms with Gasteiger partial charge in [-0.1, -0.05) is 48.2 Å². The normalized spacial score (nSPS) is 11.2. The second-order valence-electron chi connectivity index (χ2n) is 4.84. The molecule has 4 heteroatoms. The van der Waals surface area contributed by atoms with E-state index in [-0.39, 0.29) is 0 Å². The molecule has 21 heavy (non-hydrogen) atoms. The molecular weight excluding hydrogens is 278 g/mol. The van der Waals surface area contributed by atoms with Gasteiger partial charge in [-0.2, -0.15) is 0 Å². The number of fused-ring (bicyclic) bond motifs is 2. The zero-order valence-corrected chi connectivity index (χ0v) is 12.1. The Kier molecular flexibility index (Phi) is 3.09. The number of H-pyrrole nitrogens is 1. The van der Waals surface area contributed by atoms with Crippen molar-refractivity contribution in [3.05, 3.63) is 66.4 Å². The molecule has 0 radical (unpaired) electrons. The number of rotatable bonds is 3. The fraction of sp³-hybridized carbons (Fsp3) is 0.0588. The fourth-order valence-corrected chi connectivity index (χ4v) is 3.12. The minimum absolute atomic E-state index is 0.810. The molecule has 4 rings (SSSR count). The van der Waals surface area contributed by atoms with Gasteiger partial charge in [-0.3, -0.25) is 4.98 Å². The standard InChI is InChI=1S/C17H13N3S/c1-2-6-14-12(5-1)9-10-13(18-14)11-21-17-19-15-7-3-4-8-16(15)20-17/h1-10H,11H2,(H,19,20). The summed E-state index contributed by atoms with van der Waals surface area (Å²) in [5, 5.41) is 2.11. The Morgan fingerprint density at radius 2 is 1.62 bits per heavy atom. The molecule has 2 aromatic carbocycles. The first-order chi connectivity index (χ1) is 10.4. The predicted molar refractivity (Wildman–Crippen MR) is 87.4 cm³/mol. The molecule has 0 unspecified atom stereocenters. The Balaban J connectivity index is 1.57. The topological polar surface area (TPSA) is 41.6 Å². The van der Waals surface area contributed by atoms with Crippen LogP contribution in [-0.2, 0) is 5.75 Å². The number of para-hydroxylation sites is 3. The number of thioether (sulfide) groups is 1. The molecule has 2 heterocycles. The number of pyridine rings is 1. The van der Waals surface area contributed by atoms with Crippen LogP contribution < -0.4 is 0 Å². The third-order valence-corrected chi connectivity index (χ3v) is 4.29. The number of aromatic nitrogens is 3. The van der Waals surface area contributed by atoms with Crippen molar-refractivity contribution in [2.24, 2.45) is 0 Å². The van der Waals surface area contributed by atoms with Crippen molar-refractivity contribution in [2.75, 3.05) is 0 Å². The van der Waals surface area contributed by atoms with Crippen molar-refractivity contribution < 1.29 is 0 Å². The maximum Gasteiger partial charge on any atom is 0.166 e. The van der Waals surface area contributed by atoms with E-state index >= 15 is 0 Å². The molecular formula is C17H13N3S. The minimum atomic E-state index is 0.810. The van der Waals surface area contributed by atoms with E-state index < -0.39 is 0 Å². The van der Waals surface area contributed by atoms with Crippen molar-refractivity contribution in [3.63, 3.8) is 0 Å². The van der Waals surface area contributed by atoms with Gasteiger partial charge < -0.3 is 4.98 Å². The molecule has 4 aromatic rings. The highest BCUT2D eigenvalue weighted by Crippen LogP contribution is 2.23. The van der Waals surface area contributed by atoms with Gasteiger partial charge in [0.1, 0.15) is 0 Å². The van der Waals surface area contributed by atoms with Gasteiger partial charge in [0.05, 0.1) is 22.2 Å². The lowest BCUT2D eigenvalue weighted by Crippen LogP contribution is -1.88. The van der Waals surface area contributed by atoms with Crippen LogP contribution in [0.25, 0.3) is 21.9 Å². The van der Waals surface area contributed by atoms with Crippen molar-refractivity contribution >= 4 is 33.7 Å². The lowest BCUT2D eigenvalue weighted by molar-refractivity contribution is 1.07. The van der Waals surface area contributed by atoms with Crippen molar-refractivity contribution in [1.29, 1.82) is 0 Å². The Bertz CT molecular complexity index is 881. The lowest BCUT2D eigenvalue weighted by atomic mass is 10.2. The van der Waals surface area contributed by atoms with E-state index in [1.807, 2.05) is 42.5 Å². The Labute approximate surface area is 126 Å². The van der Waals surface area contributed by atoms with Crippen LogP contribution in [0.2, 0.25) is 0 Å². The highest BCUT2D eigenvalue weighted by molar-refractivity contribution is 7.98. The van der Waals surface area contributed by atoms with Gasteiger partial charge in [-0.15, -0.1) is 0 Å². The first-order valence-electron chi connectivity index (χ1n) is 6.81. The molecule has 2 aromatic heterocycles. The molecule has 0 spiro atoms. The molecule has 102 valence electrons. The Morgan fingerprint density at radius 3 is 2.52 bits per heavy atom. The maximum atomic E-state index is 4.68. The second kappa shape index (κ2) is 5.22. The molecule has 0 amide bonds. The third kappa shape index (κ3) is 2.50. The van der Waals surface area contributed by atoms with Crippen LogP contribution in [0.1, 0.15) is 5.69 Å². The van der Waals surface area contributed by atoms with E-state index in [1.165, 1.54) is 5.39 Å². The fourth-order valence-electron chi connectivity index (χ4n) is 2.33. The molecule has 0 atom stereocenters. The van der Waals surface area contributed by atoms with Crippen LogP contribution in [-0.4, -0.2) is 15.0 Å². The van der Waals surface area contributed by atoms with Crippen molar-refractivity contribution in [2.45, 2.75) is 10.9 Å². The van der Waals surface area contributed by atoms with Crippen LogP contribution in [0.4, 0.5) is 0 Å². The molecule has 0 fully saturated rings. The van der Waals surface area contributed by atoms with Gasteiger partial charge in [-0.25, -0.2) is 4.98 Å². The molecule has 3 nitrogen and oxygen atoms in total. The number of nitrogens with zero attached hydrogens (tertiary/aromatic N) is 2. The van der Waals surface area contributed by atoms with Crippen LogP contribution in [0, 0.1) is 0 Å². The monoisotopic (exact) mass is 291 g/mol. The SMILES string of the molecule is c1ccc2nc(CSc3nc4ccccc4[nH]3)ccc2c1. The van der Waals surface area contributed by atoms with E-state index in [2.05, 4.69) is 33.2 Å². The van der Waals surface area contributed by atoms with E-state index in [9.17, 15) is 0 Å². The zero-order valence-electron chi connectivity index (χ0n) is 11.3. The van der Waals surface area contributed by atoms with Gasteiger partial charge in [0.25, 0.3) is 0 Å². The smallest absolute Gasteiger partial charge is 0.166 e. The van der Waals surface area contributed by atoms with Gasteiger partial charge in [0.15, 0.2) is 5.16 Å². The summed E-state index contributed by atoms with van der Waals surface area (Å²) in [4.78, 5) is 12.6. The number of benzene rings is 2. The zero-order chi connectivity index (χ0) is 14.1. The number of hydrogen-bond donors (Lipinski definition) is 1. The molecule has 1 N–H and O–H groups in total. The van der Waals surface area contributed by atoms with E-state index in [1.54, 1.807) is 11.8 Å². The number of imidazole rings is 1. The largest absolute Gasteiger partial charge is 0.333 e. The average Bonchev–Trinajstić information content (AvgIpc) is 2.95. The third-order valence-electron chi connectivity index (χ3n) is 3.38. The van der Waals surface area contributed by atoms with Crippen LogP contribution in [0.5, 0.6) is 0 Å². The summed E-state index contributed by atoms with van der Waals surface area (Å²) in [6.07, 6.45) is 0. The average molecular weight is 291 g/mol. The minimum Gasteiger partial charge on any atom is -0.333 e. The van der Waals surface area contributed by atoms with Crippen LogP contribution in [0.15, 0.2) is 65.8 Å². The summed E-state index contributed by atoms with van der Waals surface area (Å²) in [6.45, 7) is 0. The van der Waals surface area contributed by atoms with Crippen molar-refractivity contribution in [3.8, 4) is 0 Å². The number of aromatic amines is 1. The molecule has 0 aliphatic heterocycles. The molecule has 0 aliphatic rings. The molecule has 0 aliphatic carbocycles. The van der Waals surface area contributed by atoms with E-state index in [0.29, 0.717) is 0 Å². The maximum absolute atomic E-state index is 4.68. The first-order valence-corrected chi connectivity index (χ1v) is 7.79. The second-order valence-corrected chi connectivity index (χ2v) is 5.81. The van der Waals surface area contributed by atoms with Gasteiger partial charge >= 0.3 is 0 Å². The summed E-state index contributed by atoms with van der Waals surface area (Å²) in [7, 11) is 0. The summed E-state index contributed by atoms with van der Waals surface area (Å²) in [6, 6.07) is 20.5. The molecule has 0 saturated heterocycles. The summed E-state index contributed by atoms with van der Waals surface area (Å²) >= 11 is 1.68. The predicted octanol–water partition coefficient (Wildman–Crippen LogP) is 4.40. The van der Waals surface area contributed by atoms with Gasteiger partial charge in [0.2, 0.25) is 0 Å². The molecule has 0 bridgehead atoms. The van der Waals surface area contributed by atoms with E-state index in [4.69, 9.17) is 0 Å². The Hall–Kier alpha value is -2.33. The summed E-state index contributed by atoms with van der Waals surface area (Å²) < 4.78 is 0. The summed E-state index contributed by atoms with van der Waals surface area (Å²) in [5.41, 5.74) is 4.19. The van der Waals surface area contributed by atoms with Crippen LogP contribution >= 0.6 is 11.8 Å². The lowest BCUT2D eigenvalue weighted by Gasteiger charge is -2.01. The van der Waals surface area contributed by atoms with E-state index in [0.717, 1.165) is 33.2 Å². The summed E-state index contributed by atoms with van der Waals surface area (Å²) in [5.74, 6) is 0.810. The molecule has 0 saturated carbocycles. The van der Waals surface area contributed by atoms with Gasteiger partial charge in [0, 0.05) is 11.1 Å². The quantitative estimate of drug-likeness (QED) is 0.569. The highest BCUT2D eigenvalue weighted by Gasteiger charge is 2.04. The van der Waals surface area contributed by atoms with Crippen molar-refractivity contribution in [1.82, 2.24) is 15.0 Å².